The Morgan fingerprint density at radius 1 is 1.09 bits per heavy atom. The molecule has 7 atom stereocenters. The molecule has 2 aromatic carbocycles. The van der Waals surface area contributed by atoms with Crippen molar-refractivity contribution in [1.29, 1.82) is 0 Å². The standard InChI is InChI=1S/C34H40ClN3O5/c1-5-19-36(23-13-9-8-10-14-23)31(40)28-27-17-18-34(43-27)29(28)32(41)38(26(21-39)22(4)7-3)30(34)33(42)37(20-6-2)25-16-12-11-15-24(25)35/h5-6,8-16,22,26-30,39H,1-2,7,17-21H2,3-4H3/t22-,26-,27-,28+,29-,30?,34?/m0/s1. The second-order valence-corrected chi connectivity index (χ2v) is 12.1. The maximum atomic E-state index is 14.8. The van der Waals surface area contributed by atoms with E-state index in [2.05, 4.69) is 13.2 Å². The minimum absolute atomic E-state index is 0.111. The Balaban J connectivity index is 1.62. The molecule has 1 N–H and O–H groups in total. The predicted octanol–water partition coefficient (Wildman–Crippen LogP) is 4.86. The summed E-state index contributed by atoms with van der Waals surface area (Å²) < 4.78 is 6.69. The fourth-order valence-electron chi connectivity index (χ4n) is 7.32. The van der Waals surface area contributed by atoms with Gasteiger partial charge in [0.1, 0.15) is 11.6 Å². The van der Waals surface area contributed by atoms with Crippen LogP contribution in [0.1, 0.15) is 33.1 Å². The second kappa shape index (κ2) is 12.6. The average Bonchev–Trinajstić information content (AvgIpc) is 3.67. The Morgan fingerprint density at radius 2 is 1.74 bits per heavy atom. The zero-order valence-electron chi connectivity index (χ0n) is 24.8. The third kappa shape index (κ3) is 5.09. The van der Waals surface area contributed by atoms with Crippen LogP contribution in [0.2, 0.25) is 5.02 Å². The molecule has 0 saturated carbocycles. The average molecular weight is 606 g/mol. The van der Waals surface area contributed by atoms with Crippen LogP contribution in [0.25, 0.3) is 0 Å². The summed E-state index contributed by atoms with van der Waals surface area (Å²) >= 11 is 6.57. The molecular formula is C34H40ClN3O5. The van der Waals surface area contributed by atoms with Gasteiger partial charge in [-0.3, -0.25) is 14.4 Å². The molecular weight excluding hydrogens is 566 g/mol. The van der Waals surface area contributed by atoms with Gasteiger partial charge in [-0.1, -0.05) is 74.4 Å². The van der Waals surface area contributed by atoms with Gasteiger partial charge in [-0.15, -0.1) is 13.2 Å². The molecule has 9 heteroatoms. The number of fused-ring (bicyclic) bond motifs is 1. The SMILES string of the molecule is C=CCN(C(=O)[C@@H]1[C@@H]2CCC3(O2)C(C(=O)N(CC=C)c2ccccc2Cl)N([C@@H](CO)[C@@H](C)CC)C(=O)[C@H]13)c1ccccc1. The Labute approximate surface area is 258 Å². The Morgan fingerprint density at radius 3 is 2.37 bits per heavy atom. The smallest absolute Gasteiger partial charge is 0.253 e. The van der Waals surface area contributed by atoms with Crippen molar-refractivity contribution >= 4 is 40.7 Å². The molecule has 228 valence electrons. The maximum absolute atomic E-state index is 14.8. The van der Waals surface area contributed by atoms with Gasteiger partial charge in [0.05, 0.1) is 41.3 Å². The molecule has 3 aliphatic heterocycles. The number of aliphatic hydroxyl groups is 1. The number of amides is 3. The highest BCUT2D eigenvalue weighted by Crippen LogP contribution is 2.60. The van der Waals surface area contributed by atoms with Gasteiger partial charge in [0, 0.05) is 18.8 Å². The monoisotopic (exact) mass is 605 g/mol. The van der Waals surface area contributed by atoms with Crippen LogP contribution in [0.15, 0.2) is 79.9 Å². The molecule has 2 bridgehead atoms. The fourth-order valence-corrected chi connectivity index (χ4v) is 7.56. The fraction of sp³-hybridized carbons (Fsp3) is 0.441. The molecule has 1 spiro atoms. The summed E-state index contributed by atoms with van der Waals surface area (Å²) in [7, 11) is 0. The number of nitrogens with zero attached hydrogens (tertiary/aromatic N) is 3. The van der Waals surface area contributed by atoms with Crippen LogP contribution in [-0.2, 0) is 19.1 Å². The lowest BCUT2D eigenvalue weighted by Crippen LogP contribution is -2.60. The first-order chi connectivity index (χ1) is 20.7. The van der Waals surface area contributed by atoms with E-state index in [1.807, 2.05) is 44.2 Å². The largest absolute Gasteiger partial charge is 0.394 e. The van der Waals surface area contributed by atoms with Gasteiger partial charge in [0.25, 0.3) is 5.91 Å². The van der Waals surface area contributed by atoms with Crippen LogP contribution < -0.4 is 9.80 Å². The van der Waals surface area contributed by atoms with Gasteiger partial charge in [0.2, 0.25) is 11.8 Å². The molecule has 5 rings (SSSR count). The van der Waals surface area contributed by atoms with Crippen molar-refractivity contribution in [3.63, 3.8) is 0 Å². The Bertz CT molecular complexity index is 1390. The van der Waals surface area contributed by atoms with E-state index < -0.39 is 35.6 Å². The number of benzene rings is 2. The summed E-state index contributed by atoms with van der Waals surface area (Å²) in [6.07, 6.45) is 4.42. The summed E-state index contributed by atoms with van der Waals surface area (Å²) in [6.45, 7) is 11.7. The van der Waals surface area contributed by atoms with E-state index in [-0.39, 0.29) is 43.3 Å². The molecule has 3 saturated heterocycles. The molecule has 2 unspecified atom stereocenters. The van der Waals surface area contributed by atoms with Crippen LogP contribution in [0.3, 0.4) is 0 Å². The predicted molar refractivity (Wildman–Crippen MR) is 168 cm³/mol. The highest BCUT2D eigenvalue weighted by Gasteiger charge is 2.75. The molecule has 2 aromatic rings. The zero-order chi connectivity index (χ0) is 30.9. The molecule has 8 nitrogen and oxygen atoms in total. The minimum atomic E-state index is -1.22. The van der Waals surface area contributed by atoms with Crippen molar-refractivity contribution in [1.82, 2.24) is 4.90 Å². The number of rotatable bonds is 12. The first-order valence-electron chi connectivity index (χ1n) is 15.0. The highest BCUT2D eigenvalue weighted by atomic mass is 35.5. The van der Waals surface area contributed by atoms with Crippen molar-refractivity contribution in [2.24, 2.45) is 17.8 Å². The van der Waals surface area contributed by atoms with Crippen LogP contribution in [0.5, 0.6) is 0 Å². The van der Waals surface area contributed by atoms with E-state index in [0.29, 0.717) is 35.7 Å². The van der Waals surface area contributed by atoms with Gasteiger partial charge in [-0.2, -0.15) is 0 Å². The van der Waals surface area contributed by atoms with Crippen molar-refractivity contribution < 1.29 is 24.2 Å². The van der Waals surface area contributed by atoms with Gasteiger partial charge >= 0.3 is 0 Å². The summed E-state index contributed by atoms with van der Waals surface area (Å²) in [6, 6.07) is 14.6. The third-order valence-corrected chi connectivity index (χ3v) is 9.79. The number of ether oxygens (including phenoxy) is 1. The van der Waals surface area contributed by atoms with Crippen molar-refractivity contribution in [2.75, 3.05) is 29.5 Å². The lowest BCUT2D eigenvalue weighted by molar-refractivity contribution is -0.145. The van der Waals surface area contributed by atoms with E-state index in [9.17, 15) is 19.5 Å². The number of carbonyl (C=O) groups excluding carboxylic acids is 3. The number of anilines is 2. The molecule has 3 amide bonds. The molecule has 0 aliphatic carbocycles. The lowest BCUT2D eigenvalue weighted by atomic mass is 9.70. The Hall–Kier alpha value is -3.46. The number of likely N-dealkylation sites (tertiary alicyclic amines) is 1. The van der Waals surface area contributed by atoms with E-state index in [1.165, 1.54) is 9.80 Å². The zero-order valence-corrected chi connectivity index (χ0v) is 25.5. The summed E-state index contributed by atoms with van der Waals surface area (Å²) in [4.78, 5) is 48.5. The van der Waals surface area contributed by atoms with Crippen molar-refractivity contribution in [2.45, 2.75) is 56.9 Å². The van der Waals surface area contributed by atoms with Crippen LogP contribution >= 0.6 is 11.6 Å². The number of aliphatic hydroxyl groups excluding tert-OH is 1. The molecule has 43 heavy (non-hydrogen) atoms. The molecule has 0 radical (unpaired) electrons. The second-order valence-electron chi connectivity index (χ2n) is 11.7. The van der Waals surface area contributed by atoms with E-state index in [0.717, 1.165) is 0 Å². The normalized spacial score (nSPS) is 27.0. The first-order valence-corrected chi connectivity index (χ1v) is 15.4. The van der Waals surface area contributed by atoms with Crippen molar-refractivity contribution in [3.05, 3.63) is 84.9 Å². The molecule has 0 aromatic heterocycles. The van der Waals surface area contributed by atoms with Crippen LogP contribution in [0, 0.1) is 17.8 Å². The number of hydrogen-bond donors (Lipinski definition) is 1. The third-order valence-electron chi connectivity index (χ3n) is 9.47. The first kappa shape index (κ1) is 31.0. The number of carbonyl (C=O) groups is 3. The molecule has 3 fully saturated rings. The van der Waals surface area contributed by atoms with Crippen LogP contribution in [-0.4, -0.2) is 71.2 Å². The van der Waals surface area contributed by atoms with Crippen molar-refractivity contribution in [3.8, 4) is 0 Å². The summed E-state index contributed by atoms with van der Waals surface area (Å²) in [5, 5.41) is 11.0. The number of para-hydroxylation sites is 2. The van der Waals surface area contributed by atoms with E-state index >= 15 is 0 Å². The van der Waals surface area contributed by atoms with E-state index in [1.54, 1.807) is 41.3 Å². The number of hydrogen-bond acceptors (Lipinski definition) is 5. The van der Waals surface area contributed by atoms with Gasteiger partial charge in [-0.05, 0) is 43.0 Å². The van der Waals surface area contributed by atoms with Crippen LogP contribution in [0.4, 0.5) is 11.4 Å². The Kier molecular flexibility index (Phi) is 9.11. The topological polar surface area (TPSA) is 90.4 Å². The van der Waals surface area contributed by atoms with Gasteiger partial charge in [-0.25, -0.2) is 0 Å². The van der Waals surface area contributed by atoms with E-state index in [4.69, 9.17) is 16.3 Å². The summed E-state index contributed by atoms with van der Waals surface area (Å²) in [5.74, 6) is -2.71. The lowest BCUT2D eigenvalue weighted by Gasteiger charge is -2.41. The molecule has 3 aliphatic rings. The van der Waals surface area contributed by atoms with Gasteiger partial charge < -0.3 is 24.5 Å². The molecule has 3 heterocycles. The summed E-state index contributed by atoms with van der Waals surface area (Å²) in [5.41, 5.74) is -0.0354. The highest BCUT2D eigenvalue weighted by molar-refractivity contribution is 6.34. The minimum Gasteiger partial charge on any atom is -0.394 e. The maximum Gasteiger partial charge on any atom is 0.253 e. The number of halogens is 1. The van der Waals surface area contributed by atoms with Gasteiger partial charge in [0.15, 0.2) is 0 Å². The quantitative estimate of drug-likeness (QED) is 0.349.